The number of benzene rings is 2. The lowest BCUT2D eigenvalue weighted by Gasteiger charge is -2.44. The highest BCUT2D eigenvalue weighted by molar-refractivity contribution is 7.80. The standard InChI is InChI=1S/C27H27Cl3N6O2S/c1-17(31)24(38)33-20-11-8-18(9-12-20)10-13-22(37)34-25(27(28,29)30)36-16-4-15-35(26(36)39)21-7-2-5-19-6-3-14-32-23(19)21/h2-3,5-14,17,25H,4,15-16,31H2,1H3,(H,33,38)(H,34,37)/b13-10+. The number of para-hydroxylation sites is 1. The molecule has 2 atom stereocenters. The van der Waals surface area contributed by atoms with Crippen molar-refractivity contribution in [1.29, 1.82) is 0 Å². The third kappa shape index (κ3) is 7.17. The zero-order valence-electron chi connectivity index (χ0n) is 21.0. The first-order valence-corrected chi connectivity index (χ1v) is 13.7. The second-order valence-electron chi connectivity index (χ2n) is 9.02. The van der Waals surface area contributed by atoms with Gasteiger partial charge in [0.1, 0.15) is 0 Å². The number of aromatic nitrogens is 1. The molecule has 0 saturated carbocycles. The minimum absolute atomic E-state index is 0.290. The monoisotopic (exact) mass is 604 g/mol. The van der Waals surface area contributed by atoms with E-state index in [1.165, 1.54) is 6.08 Å². The van der Waals surface area contributed by atoms with Gasteiger partial charge in [-0.05, 0) is 61.5 Å². The smallest absolute Gasteiger partial charge is 0.245 e. The van der Waals surface area contributed by atoms with Crippen LogP contribution in [0.2, 0.25) is 0 Å². The number of amides is 2. The molecule has 2 aromatic carbocycles. The van der Waals surface area contributed by atoms with Gasteiger partial charge in [0.15, 0.2) is 11.3 Å². The van der Waals surface area contributed by atoms with Crippen LogP contribution in [0.15, 0.2) is 66.9 Å². The third-order valence-electron chi connectivity index (χ3n) is 6.08. The molecule has 1 fully saturated rings. The van der Waals surface area contributed by atoms with Crippen LogP contribution in [0.4, 0.5) is 11.4 Å². The Morgan fingerprint density at radius 1 is 1.10 bits per heavy atom. The number of halogens is 3. The van der Waals surface area contributed by atoms with Crippen molar-refractivity contribution in [2.45, 2.75) is 29.3 Å². The highest BCUT2D eigenvalue weighted by Crippen LogP contribution is 2.35. The number of carbonyl (C=O) groups is 2. The third-order valence-corrected chi connectivity index (χ3v) is 7.15. The van der Waals surface area contributed by atoms with Crippen LogP contribution in [0.25, 0.3) is 17.0 Å². The van der Waals surface area contributed by atoms with Crippen LogP contribution in [0.1, 0.15) is 18.9 Å². The van der Waals surface area contributed by atoms with Crippen molar-refractivity contribution in [1.82, 2.24) is 15.2 Å². The number of nitrogens with two attached hydrogens (primary N) is 1. The Kier molecular flexibility index (Phi) is 9.30. The van der Waals surface area contributed by atoms with E-state index in [-0.39, 0.29) is 5.91 Å². The average Bonchev–Trinajstić information content (AvgIpc) is 2.91. The maximum absolute atomic E-state index is 12.9. The number of pyridine rings is 1. The Morgan fingerprint density at radius 3 is 2.51 bits per heavy atom. The number of fused-ring (bicyclic) bond motifs is 1. The molecule has 2 unspecified atom stereocenters. The summed E-state index contributed by atoms with van der Waals surface area (Å²) in [5, 5.41) is 6.90. The van der Waals surface area contributed by atoms with Gasteiger partial charge in [0.2, 0.25) is 15.6 Å². The molecule has 12 heteroatoms. The highest BCUT2D eigenvalue weighted by atomic mass is 35.6. The quantitative estimate of drug-likeness (QED) is 0.201. The van der Waals surface area contributed by atoms with Gasteiger partial charge in [-0.25, -0.2) is 0 Å². The number of hydrogen-bond acceptors (Lipinski definition) is 5. The molecule has 3 aromatic rings. The minimum atomic E-state index is -1.87. The fourth-order valence-corrected chi connectivity index (χ4v) is 5.04. The molecule has 0 aliphatic carbocycles. The van der Waals surface area contributed by atoms with Crippen molar-refractivity contribution >= 4 is 92.3 Å². The SMILES string of the molecule is CC(N)C(=O)Nc1ccc(/C=C/C(=O)NC(N2CCCN(c3cccc4cccnc34)C2=S)C(Cl)(Cl)Cl)cc1. The van der Waals surface area contributed by atoms with Crippen LogP contribution >= 0.6 is 47.0 Å². The van der Waals surface area contributed by atoms with Crippen LogP contribution in [-0.2, 0) is 9.59 Å². The van der Waals surface area contributed by atoms with E-state index >= 15 is 0 Å². The Labute approximate surface area is 247 Å². The fourth-order valence-electron chi connectivity index (χ4n) is 4.14. The maximum atomic E-state index is 12.9. The molecule has 204 valence electrons. The first kappa shape index (κ1) is 29.0. The molecule has 39 heavy (non-hydrogen) atoms. The second-order valence-corrected chi connectivity index (χ2v) is 11.8. The summed E-state index contributed by atoms with van der Waals surface area (Å²) in [6.07, 6.45) is 4.40. The van der Waals surface area contributed by atoms with Gasteiger partial charge < -0.3 is 26.2 Å². The van der Waals surface area contributed by atoms with Crippen LogP contribution in [0.5, 0.6) is 0 Å². The van der Waals surface area contributed by atoms with Gasteiger partial charge >= 0.3 is 0 Å². The van der Waals surface area contributed by atoms with Crippen LogP contribution in [0.3, 0.4) is 0 Å². The maximum Gasteiger partial charge on any atom is 0.245 e. The van der Waals surface area contributed by atoms with Gasteiger partial charge in [0.25, 0.3) is 0 Å². The van der Waals surface area contributed by atoms with E-state index in [0.29, 0.717) is 23.9 Å². The highest BCUT2D eigenvalue weighted by Gasteiger charge is 2.42. The zero-order valence-corrected chi connectivity index (χ0v) is 24.1. The molecule has 1 aromatic heterocycles. The first-order chi connectivity index (χ1) is 18.5. The predicted molar refractivity (Wildman–Crippen MR) is 163 cm³/mol. The average molecular weight is 606 g/mol. The summed E-state index contributed by atoms with van der Waals surface area (Å²) in [5.41, 5.74) is 8.56. The molecule has 1 aliphatic heterocycles. The van der Waals surface area contributed by atoms with Gasteiger partial charge in [-0.1, -0.05) is 65.1 Å². The lowest BCUT2D eigenvalue weighted by atomic mass is 10.1. The van der Waals surface area contributed by atoms with Gasteiger partial charge in [-0.15, -0.1) is 0 Å². The molecule has 4 N–H and O–H groups in total. The van der Waals surface area contributed by atoms with Crippen LogP contribution in [-0.4, -0.2) is 55.9 Å². The van der Waals surface area contributed by atoms with E-state index in [1.54, 1.807) is 48.4 Å². The summed E-state index contributed by atoms with van der Waals surface area (Å²) < 4.78 is -1.87. The Hall–Kier alpha value is -2.95. The van der Waals surface area contributed by atoms with E-state index in [9.17, 15) is 9.59 Å². The van der Waals surface area contributed by atoms with Crippen molar-refractivity contribution < 1.29 is 9.59 Å². The van der Waals surface area contributed by atoms with E-state index in [0.717, 1.165) is 28.6 Å². The Bertz CT molecular complexity index is 1390. The van der Waals surface area contributed by atoms with E-state index in [4.69, 9.17) is 52.8 Å². The number of alkyl halides is 3. The molecule has 8 nitrogen and oxygen atoms in total. The summed E-state index contributed by atoms with van der Waals surface area (Å²) in [6.45, 7) is 2.75. The number of nitrogens with zero attached hydrogens (tertiary/aromatic N) is 3. The summed E-state index contributed by atoms with van der Waals surface area (Å²) >= 11 is 24.9. The second kappa shape index (κ2) is 12.5. The number of thiocarbonyl (C=S) groups is 1. The van der Waals surface area contributed by atoms with Gasteiger partial charge in [0.05, 0.1) is 17.2 Å². The molecule has 1 aliphatic rings. The van der Waals surface area contributed by atoms with E-state index < -0.39 is 21.9 Å². The topological polar surface area (TPSA) is 104 Å². The van der Waals surface area contributed by atoms with Crippen molar-refractivity contribution in [3.8, 4) is 0 Å². The first-order valence-electron chi connectivity index (χ1n) is 12.2. The van der Waals surface area contributed by atoms with E-state index in [2.05, 4.69) is 15.6 Å². The molecule has 0 radical (unpaired) electrons. The fraction of sp³-hybridized carbons (Fsp3) is 0.259. The number of anilines is 2. The van der Waals surface area contributed by atoms with Crippen molar-refractivity contribution in [3.63, 3.8) is 0 Å². The summed E-state index contributed by atoms with van der Waals surface area (Å²) in [5.74, 6) is -0.756. The lowest BCUT2D eigenvalue weighted by Crippen LogP contribution is -2.62. The molecule has 0 spiro atoms. The molecule has 2 heterocycles. The molecule has 1 saturated heterocycles. The van der Waals surface area contributed by atoms with E-state index in [1.807, 2.05) is 35.2 Å². The zero-order chi connectivity index (χ0) is 28.2. The van der Waals surface area contributed by atoms with Gasteiger partial charge in [-0.2, -0.15) is 0 Å². The largest absolute Gasteiger partial charge is 0.328 e. The summed E-state index contributed by atoms with van der Waals surface area (Å²) in [7, 11) is 0. The number of hydrogen-bond donors (Lipinski definition) is 3. The Morgan fingerprint density at radius 2 is 1.82 bits per heavy atom. The minimum Gasteiger partial charge on any atom is -0.328 e. The Balaban J connectivity index is 1.48. The normalized spacial score (nSPS) is 15.9. The van der Waals surface area contributed by atoms with Crippen molar-refractivity contribution in [3.05, 3.63) is 72.4 Å². The molecule has 4 rings (SSSR count). The molecular weight excluding hydrogens is 579 g/mol. The molecule has 2 amide bonds. The summed E-state index contributed by atoms with van der Waals surface area (Å²) in [6, 6.07) is 16.0. The number of rotatable bonds is 7. The molecule has 0 bridgehead atoms. The lowest BCUT2D eigenvalue weighted by molar-refractivity contribution is -0.118. The summed E-state index contributed by atoms with van der Waals surface area (Å²) in [4.78, 5) is 32.9. The van der Waals surface area contributed by atoms with Gasteiger partial charge in [-0.3, -0.25) is 14.6 Å². The van der Waals surface area contributed by atoms with Crippen molar-refractivity contribution in [2.75, 3.05) is 23.3 Å². The van der Waals surface area contributed by atoms with Crippen molar-refractivity contribution in [2.24, 2.45) is 5.73 Å². The number of nitrogens with one attached hydrogen (secondary N) is 2. The number of carbonyl (C=O) groups excluding carboxylic acids is 2. The van der Waals surface area contributed by atoms with Crippen LogP contribution < -0.4 is 21.3 Å². The van der Waals surface area contributed by atoms with Gasteiger partial charge in [0, 0.05) is 36.4 Å². The molecular formula is C27H27Cl3N6O2S. The predicted octanol–water partition coefficient (Wildman–Crippen LogP) is 4.84. The van der Waals surface area contributed by atoms with Crippen LogP contribution in [0, 0.1) is 0 Å².